The van der Waals surface area contributed by atoms with Crippen LogP contribution in [-0.4, -0.2) is 109 Å². The monoisotopic (exact) mass is 761 g/mol. The lowest BCUT2D eigenvalue weighted by molar-refractivity contribution is -0.765. The van der Waals surface area contributed by atoms with E-state index in [0.29, 0.717) is 5.57 Å². The number of aliphatic carboxylic acids is 1. The molecule has 2 aliphatic heterocycles. The van der Waals surface area contributed by atoms with Gasteiger partial charge in [-0.15, -0.1) is 26.2 Å². The third-order valence-corrected chi connectivity index (χ3v) is 8.58. The smallest absolute Gasteiger partial charge is 0.387 e. The number of hydrogen-bond donors (Lipinski definition) is 8. The van der Waals surface area contributed by atoms with Crippen LogP contribution in [-0.2, 0) is 58.2 Å². The van der Waals surface area contributed by atoms with Crippen molar-refractivity contribution in [2.24, 2.45) is 23.9 Å². The average molecular weight is 762 g/mol. The van der Waals surface area contributed by atoms with Crippen molar-refractivity contribution in [3.05, 3.63) is 23.3 Å². The number of H-pyrrole nitrogens is 1. The van der Waals surface area contributed by atoms with Gasteiger partial charge in [0.1, 0.15) is 5.70 Å². The Hall–Kier alpha value is -5.19. The number of carbonyl (C=O) groups excluding carboxylic acids is 4. The first-order valence-electron chi connectivity index (χ1n) is 14.2. The number of amides is 3. The number of anilines is 3. The summed E-state index contributed by atoms with van der Waals surface area (Å²) >= 11 is -1.62. The molecule has 0 saturated carbocycles. The standard InChI is InChI=1S/C24H32N12O9S.H2O4S/c1-24(2,21(41)44-43)45-33-14(17-30-22(27)32-31-17)13(37)6-11-18(38)36-15(20(39)40)10(9-46-19(11)36)7-35-8-12(16(26)34(35)3)29-23(42)28-5-4-25;1-4-5(2)3/h8,11,19,26H,4-7,9,25H2,1-3H3,(H7,27,28,29,30,31,32,33,37,39,40,42,43);1H,(H,2,3)/p-1/t11-,19-;/m1./s1. The number of ketones is 1. The normalized spacial score (nSPS) is 17.7. The van der Waals surface area contributed by atoms with E-state index >= 15 is 0 Å². The molecule has 3 amide bonds. The first-order valence-corrected chi connectivity index (χ1v) is 16.2. The minimum absolute atomic E-state index is 0.0225. The predicted molar refractivity (Wildman–Crippen MR) is 168 cm³/mol. The number of rotatable bonds is 14. The fourth-order valence-electron chi connectivity index (χ4n) is 4.56. The SMILES string of the molecule is Cn1c(N)c(NC(=O)NCCN)c[n+]1CC1=C(C(=O)O)N2C(=O)[C@@H](CC(=O)/C(=N\OC(C)(C)C(=O)OO)c3nc(N)n[nH]3)[C@H]2SC1.O=S([O-])O[O-]. The van der Waals surface area contributed by atoms with Crippen molar-refractivity contribution in [1.29, 1.82) is 0 Å². The van der Waals surface area contributed by atoms with E-state index in [1.165, 1.54) is 36.5 Å². The van der Waals surface area contributed by atoms with Crippen LogP contribution in [0.3, 0.4) is 0 Å². The van der Waals surface area contributed by atoms with Crippen LogP contribution in [0.25, 0.3) is 0 Å². The number of nitrogens with zero attached hydrogens (tertiary/aromatic N) is 6. The van der Waals surface area contributed by atoms with E-state index in [-0.39, 0.29) is 54.4 Å². The number of carboxylic acids is 1. The van der Waals surface area contributed by atoms with Gasteiger partial charge in [-0.3, -0.25) is 29.8 Å². The zero-order valence-electron chi connectivity index (χ0n) is 26.9. The number of fused-ring (bicyclic) bond motifs is 1. The topological polar surface area (TPSA) is 385 Å². The molecule has 2 aromatic rings. The summed E-state index contributed by atoms with van der Waals surface area (Å²) < 4.78 is 23.2. The number of Topliss-reactive ketones (excluding diaryl/α,β-unsaturated/α-hetero) is 1. The number of hydrogen-bond acceptors (Lipinski definition) is 19. The van der Waals surface area contributed by atoms with Gasteiger partial charge in [0.25, 0.3) is 0 Å². The van der Waals surface area contributed by atoms with Crippen molar-refractivity contribution in [3.63, 3.8) is 0 Å². The molecule has 1 fully saturated rings. The molecule has 4 heterocycles. The molecule has 1 unspecified atom stereocenters. The summed E-state index contributed by atoms with van der Waals surface area (Å²) in [5.41, 5.74) is 15.3. The molecule has 27 heteroatoms. The minimum Gasteiger partial charge on any atom is -0.750 e. The van der Waals surface area contributed by atoms with E-state index in [1.807, 2.05) is 0 Å². The van der Waals surface area contributed by atoms with Gasteiger partial charge in [0.15, 0.2) is 35.4 Å². The van der Waals surface area contributed by atoms with Crippen LogP contribution < -0.4 is 37.8 Å². The molecule has 2 aliphatic rings. The Balaban J connectivity index is 0.00000131. The maximum Gasteiger partial charge on any atom is 0.387 e. The molecule has 0 aliphatic carbocycles. The number of oxime groups is 1. The average Bonchev–Trinajstić information content (AvgIpc) is 3.63. The summed E-state index contributed by atoms with van der Waals surface area (Å²) in [6.07, 6.45) is 1.11. The van der Waals surface area contributed by atoms with Gasteiger partial charge in [-0.25, -0.2) is 18.6 Å². The summed E-state index contributed by atoms with van der Waals surface area (Å²) in [5.74, 6) is -4.89. The van der Waals surface area contributed by atoms with Crippen molar-refractivity contribution in [3.8, 4) is 0 Å². The second kappa shape index (κ2) is 17.2. The van der Waals surface area contributed by atoms with Crippen molar-refractivity contribution in [2.45, 2.75) is 37.8 Å². The van der Waals surface area contributed by atoms with Gasteiger partial charge in [-0.1, -0.05) is 5.16 Å². The summed E-state index contributed by atoms with van der Waals surface area (Å²) in [6, 6.07) is -0.522. The second-order valence-electron chi connectivity index (χ2n) is 10.9. The molecule has 0 bridgehead atoms. The molecule has 0 radical (unpaired) electrons. The third kappa shape index (κ3) is 9.53. The lowest BCUT2D eigenvalue weighted by Gasteiger charge is -2.49. The van der Waals surface area contributed by atoms with Crippen LogP contribution in [0.15, 0.2) is 22.6 Å². The van der Waals surface area contributed by atoms with Gasteiger partial charge in [0, 0.05) is 30.8 Å². The highest BCUT2D eigenvalue weighted by atomic mass is 32.2. The van der Waals surface area contributed by atoms with Crippen molar-refractivity contribution in [2.75, 3.05) is 35.6 Å². The van der Waals surface area contributed by atoms with Gasteiger partial charge in [0.2, 0.25) is 23.7 Å². The molecule has 3 atom stereocenters. The molecular weight excluding hydrogens is 728 g/mol. The maximum absolute atomic E-state index is 13.4. The van der Waals surface area contributed by atoms with E-state index in [9.17, 15) is 29.1 Å². The Kier molecular flexibility index (Phi) is 13.5. The first kappa shape index (κ1) is 40.2. The molecule has 0 spiro atoms. The summed E-state index contributed by atoms with van der Waals surface area (Å²) in [7, 11) is 1.62. The number of aromatic nitrogens is 5. The fraction of sp³-hybridized carbons (Fsp3) is 0.458. The van der Waals surface area contributed by atoms with Gasteiger partial charge < -0.3 is 46.6 Å². The molecule has 0 aromatic carbocycles. The maximum atomic E-state index is 13.4. The Labute approximate surface area is 293 Å². The Morgan fingerprint density at radius 1 is 1.31 bits per heavy atom. The molecule has 2 aromatic heterocycles. The van der Waals surface area contributed by atoms with Crippen LogP contribution in [0, 0.1) is 5.92 Å². The van der Waals surface area contributed by atoms with Gasteiger partial charge in [-0.05, 0) is 13.8 Å². The van der Waals surface area contributed by atoms with Crippen LogP contribution in [0.2, 0.25) is 0 Å². The lowest BCUT2D eigenvalue weighted by Crippen LogP contribution is -2.62. The molecule has 4 rings (SSSR count). The van der Waals surface area contributed by atoms with Crippen molar-refractivity contribution in [1.82, 2.24) is 30.1 Å². The van der Waals surface area contributed by atoms with Gasteiger partial charge >= 0.3 is 18.0 Å². The van der Waals surface area contributed by atoms with E-state index in [4.69, 9.17) is 41.3 Å². The molecule has 25 nitrogen and oxygen atoms in total. The van der Waals surface area contributed by atoms with Gasteiger partial charge in [0.05, 0.1) is 29.7 Å². The van der Waals surface area contributed by atoms with Crippen LogP contribution in [0.1, 0.15) is 26.1 Å². The Bertz CT molecular complexity index is 1760. The Morgan fingerprint density at radius 2 is 1.98 bits per heavy atom. The number of thioether (sulfide) groups is 1. The zero-order chi connectivity index (χ0) is 38.2. The lowest BCUT2D eigenvalue weighted by atomic mass is 9.89. The van der Waals surface area contributed by atoms with E-state index < -0.39 is 70.0 Å². The van der Waals surface area contributed by atoms with E-state index in [2.05, 4.69) is 40.2 Å². The van der Waals surface area contributed by atoms with Gasteiger partial charge in [-0.2, -0.15) is 10.2 Å². The highest BCUT2D eigenvalue weighted by Gasteiger charge is 2.54. The second-order valence-corrected chi connectivity index (χ2v) is 12.5. The minimum atomic E-state index is -2.88. The van der Waals surface area contributed by atoms with E-state index in [1.54, 1.807) is 11.7 Å². The third-order valence-electron chi connectivity index (χ3n) is 7.07. The molecule has 51 heavy (non-hydrogen) atoms. The molecule has 1 saturated heterocycles. The summed E-state index contributed by atoms with van der Waals surface area (Å²) in [4.78, 5) is 76.8. The molecule has 280 valence electrons. The first-order chi connectivity index (χ1) is 24.0. The molecular formula is C24H33N12O13S2-. The number of aromatic amines is 1. The van der Waals surface area contributed by atoms with Crippen LogP contribution >= 0.6 is 11.8 Å². The fourth-order valence-corrected chi connectivity index (χ4v) is 5.96. The zero-order valence-corrected chi connectivity index (χ0v) is 28.5. The largest absolute Gasteiger partial charge is 0.750 e. The number of carbonyl (C=O) groups is 5. The number of urea groups is 1. The summed E-state index contributed by atoms with van der Waals surface area (Å²) in [5, 5.41) is 41.6. The van der Waals surface area contributed by atoms with Crippen LogP contribution in [0.5, 0.6) is 0 Å². The number of nitrogens with two attached hydrogens (primary N) is 3. The Morgan fingerprint density at radius 3 is 2.53 bits per heavy atom. The summed E-state index contributed by atoms with van der Waals surface area (Å²) in [6.45, 7) is 2.95. The number of β-lactam (4-membered cyclic amide) rings is 1. The van der Waals surface area contributed by atoms with E-state index in [0.717, 1.165) is 4.90 Å². The quantitative estimate of drug-likeness (QED) is 0.0226. The van der Waals surface area contributed by atoms with Crippen molar-refractivity contribution < 1.29 is 67.1 Å². The van der Waals surface area contributed by atoms with Crippen molar-refractivity contribution >= 4 is 75.9 Å². The number of nitrogen functional groups attached to an aromatic ring is 2. The molecule has 11 N–H and O–H groups in total. The number of carboxylic acid groups (broad SMARTS) is 1. The predicted octanol–water partition coefficient (Wildman–Crippen LogP) is -4.21. The number of nitrogens with one attached hydrogen (secondary N) is 3. The highest BCUT2D eigenvalue weighted by molar-refractivity contribution is 8.00. The van der Waals surface area contributed by atoms with Crippen LogP contribution in [0.4, 0.5) is 22.2 Å². The highest BCUT2D eigenvalue weighted by Crippen LogP contribution is 2.45.